The largest absolute Gasteiger partial charge is 0.461 e. The van der Waals surface area contributed by atoms with Gasteiger partial charge in [0.1, 0.15) is 5.82 Å². The van der Waals surface area contributed by atoms with Crippen LogP contribution in [-0.2, 0) is 0 Å². The van der Waals surface area contributed by atoms with Crippen LogP contribution in [0.5, 0.6) is 5.88 Å². The van der Waals surface area contributed by atoms with E-state index < -0.39 is 0 Å². The van der Waals surface area contributed by atoms with E-state index in [1.54, 1.807) is 25.1 Å². The van der Waals surface area contributed by atoms with Crippen LogP contribution in [0.3, 0.4) is 0 Å². The van der Waals surface area contributed by atoms with Crippen molar-refractivity contribution in [3.8, 4) is 18.2 Å². The van der Waals surface area contributed by atoms with Crippen LogP contribution in [0.2, 0.25) is 0 Å². The maximum Gasteiger partial charge on any atom is 0.216 e. The number of rotatable bonds is 2. The fraction of sp³-hybridized carbons (Fsp3) is 0.222. The highest BCUT2D eigenvalue weighted by Crippen LogP contribution is 2.09. The first-order valence-electron chi connectivity index (χ1n) is 3.57. The lowest BCUT2D eigenvalue weighted by molar-refractivity contribution is 0.268. The number of terminal acetylenes is 1. The van der Waals surface area contributed by atoms with E-state index in [2.05, 4.69) is 10.9 Å². The Morgan fingerprint density at radius 1 is 1.67 bits per heavy atom. The molecular formula is C9H10N2O. The van der Waals surface area contributed by atoms with Crippen LogP contribution < -0.4 is 10.5 Å². The molecule has 12 heavy (non-hydrogen) atoms. The van der Waals surface area contributed by atoms with Crippen molar-refractivity contribution in [2.45, 2.75) is 13.0 Å². The molecule has 1 heterocycles. The number of aromatic nitrogens is 1. The fourth-order valence-electron chi connectivity index (χ4n) is 0.712. The topological polar surface area (TPSA) is 48.1 Å². The highest BCUT2D eigenvalue weighted by atomic mass is 16.5. The van der Waals surface area contributed by atoms with Gasteiger partial charge in [0.15, 0.2) is 6.10 Å². The molecule has 1 unspecified atom stereocenters. The first kappa shape index (κ1) is 8.41. The van der Waals surface area contributed by atoms with Gasteiger partial charge in [-0.25, -0.2) is 0 Å². The Kier molecular flexibility index (Phi) is 2.54. The summed E-state index contributed by atoms with van der Waals surface area (Å²) in [5, 5.41) is 0. The number of nitrogens with two attached hydrogens (primary N) is 1. The van der Waals surface area contributed by atoms with Crippen LogP contribution in [0.1, 0.15) is 6.92 Å². The molecule has 0 aromatic carbocycles. The molecule has 0 aliphatic rings. The van der Waals surface area contributed by atoms with Gasteiger partial charge in [0.05, 0.1) is 0 Å². The lowest BCUT2D eigenvalue weighted by Gasteiger charge is -2.07. The van der Waals surface area contributed by atoms with E-state index in [9.17, 15) is 0 Å². The zero-order valence-corrected chi connectivity index (χ0v) is 6.82. The predicted octanol–water partition coefficient (Wildman–Crippen LogP) is 1.06. The minimum atomic E-state index is -0.278. The number of nitrogen functional groups attached to an aromatic ring is 1. The van der Waals surface area contributed by atoms with E-state index >= 15 is 0 Å². The fourth-order valence-corrected chi connectivity index (χ4v) is 0.712. The molecule has 0 radical (unpaired) electrons. The van der Waals surface area contributed by atoms with Crippen LogP contribution in [0.25, 0.3) is 0 Å². The van der Waals surface area contributed by atoms with Gasteiger partial charge >= 0.3 is 0 Å². The highest BCUT2D eigenvalue weighted by Gasteiger charge is 1.99. The molecule has 0 aliphatic carbocycles. The molecule has 0 aliphatic heterocycles. The van der Waals surface area contributed by atoms with Crippen molar-refractivity contribution in [3.63, 3.8) is 0 Å². The predicted molar refractivity (Wildman–Crippen MR) is 47.6 cm³/mol. The van der Waals surface area contributed by atoms with Crippen molar-refractivity contribution in [2.24, 2.45) is 0 Å². The minimum absolute atomic E-state index is 0.278. The molecule has 62 valence electrons. The van der Waals surface area contributed by atoms with Crippen LogP contribution in [0.15, 0.2) is 18.2 Å². The molecule has 1 aromatic heterocycles. The second kappa shape index (κ2) is 3.63. The van der Waals surface area contributed by atoms with E-state index in [0.29, 0.717) is 11.7 Å². The third-order valence-electron chi connectivity index (χ3n) is 1.28. The summed E-state index contributed by atoms with van der Waals surface area (Å²) in [6.45, 7) is 1.77. The number of anilines is 1. The minimum Gasteiger partial charge on any atom is -0.461 e. The highest BCUT2D eigenvalue weighted by molar-refractivity contribution is 5.31. The summed E-state index contributed by atoms with van der Waals surface area (Å²) >= 11 is 0. The van der Waals surface area contributed by atoms with Crippen molar-refractivity contribution in [2.75, 3.05) is 5.73 Å². The van der Waals surface area contributed by atoms with Crippen molar-refractivity contribution < 1.29 is 4.74 Å². The summed E-state index contributed by atoms with van der Waals surface area (Å²) in [7, 11) is 0. The normalized spacial score (nSPS) is 11.7. The molecule has 3 heteroatoms. The Labute approximate surface area is 71.6 Å². The molecule has 2 N–H and O–H groups in total. The number of hydrogen-bond donors (Lipinski definition) is 1. The molecule has 0 spiro atoms. The number of pyridine rings is 1. The third-order valence-corrected chi connectivity index (χ3v) is 1.28. The second-order valence-electron chi connectivity index (χ2n) is 2.33. The molecule has 0 amide bonds. The summed E-state index contributed by atoms with van der Waals surface area (Å²) in [5.74, 6) is 3.32. The Morgan fingerprint density at radius 3 is 3.00 bits per heavy atom. The van der Waals surface area contributed by atoms with Crippen LogP contribution in [-0.4, -0.2) is 11.1 Å². The van der Waals surface area contributed by atoms with Gasteiger partial charge in [0.25, 0.3) is 0 Å². The van der Waals surface area contributed by atoms with Gasteiger partial charge in [0, 0.05) is 6.07 Å². The third kappa shape index (κ3) is 2.17. The van der Waals surface area contributed by atoms with Crippen LogP contribution >= 0.6 is 0 Å². The Balaban J connectivity index is 2.71. The van der Waals surface area contributed by atoms with Gasteiger partial charge in [-0.1, -0.05) is 12.0 Å². The van der Waals surface area contributed by atoms with E-state index in [-0.39, 0.29) is 6.10 Å². The molecule has 0 bridgehead atoms. The summed E-state index contributed by atoms with van der Waals surface area (Å²) < 4.78 is 5.22. The van der Waals surface area contributed by atoms with E-state index in [1.165, 1.54) is 0 Å². The number of nitrogens with zero attached hydrogens (tertiary/aromatic N) is 1. The second-order valence-corrected chi connectivity index (χ2v) is 2.33. The van der Waals surface area contributed by atoms with Gasteiger partial charge in [-0.15, -0.1) is 6.42 Å². The molecule has 3 nitrogen and oxygen atoms in total. The quantitative estimate of drug-likeness (QED) is 0.661. The molecule has 0 saturated carbocycles. The average molecular weight is 162 g/mol. The Hall–Kier alpha value is -1.69. The maximum atomic E-state index is 5.43. The number of hydrogen-bond acceptors (Lipinski definition) is 3. The first-order valence-corrected chi connectivity index (χ1v) is 3.57. The lowest BCUT2D eigenvalue weighted by atomic mass is 10.4. The standard InChI is InChI=1S/C9H10N2O/c1-3-7(2)12-9-6-4-5-8(10)11-9/h1,4-7H,2H3,(H2,10,11). The Bertz CT molecular complexity index is 304. The lowest BCUT2D eigenvalue weighted by Crippen LogP contribution is -2.09. The summed E-state index contributed by atoms with van der Waals surface area (Å²) in [6, 6.07) is 5.17. The molecule has 0 saturated heterocycles. The molecule has 0 fully saturated rings. The van der Waals surface area contributed by atoms with Crippen LogP contribution in [0.4, 0.5) is 5.82 Å². The van der Waals surface area contributed by atoms with Gasteiger partial charge in [-0.05, 0) is 13.0 Å². The van der Waals surface area contributed by atoms with Crippen molar-refractivity contribution in [1.82, 2.24) is 4.98 Å². The molecule has 1 aromatic rings. The summed E-state index contributed by atoms with van der Waals surface area (Å²) in [5.41, 5.74) is 5.43. The first-order chi connectivity index (χ1) is 5.72. The SMILES string of the molecule is C#CC(C)Oc1cccc(N)n1. The van der Waals surface area contributed by atoms with Crippen molar-refractivity contribution in [1.29, 1.82) is 0 Å². The molecule has 1 atom stereocenters. The van der Waals surface area contributed by atoms with Crippen molar-refractivity contribution in [3.05, 3.63) is 18.2 Å². The van der Waals surface area contributed by atoms with Gasteiger partial charge in [0.2, 0.25) is 5.88 Å². The summed E-state index contributed by atoms with van der Waals surface area (Å²) in [4.78, 5) is 3.92. The monoisotopic (exact) mass is 162 g/mol. The van der Waals surface area contributed by atoms with Gasteiger partial charge < -0.3 is 10.5 Å². The van der Waals surface area contributed by atoms with Crippen LogP contribution in [0, 0.1) is 12.3 Å². The molecule has 1 rings (SSSR count). The van der Waals surface area contributed by atoms with E-state index in [1.807, 2.05) is 0 Å². The maximum absolute atomic E-state index is 5.43. The zero-order valence-electron chi connectivity index (χ0n) is 6.82. The van der Waals surface area contributed by atoms with Gasteiger partial charge in [-0.2, -0.15) is 4.98 Å². The smallest absolute Gasteiger partial charge is 0.216 e. The molecular weight excluding hydrogens is 152 g/mol. The van der Waals surface area contributed by atoms with Crippen molar-refractivity contribution >= 4 is 5.82 Å². The van der Waals surface area contributed by atoms with E-state index in [0.717, 1.165) is 0 Å². The van der Waals surface area contributed by atoms with E-state index in [4.69, 9.17) is 16.9 Å². The number of ether oxygens (including phenoxy) is 1. The Morgan fingerprint density at radius 2 is 2.42 bits per heavy atom. The summed E-state index contributed by atoms with van der Waals surface area (Å²) in [6.07, 6.45) is 4.85. The average Bonchev–Trinajstić information content (AvgIpc) is 2.04. The van der Waals surface area contributed by atoms with Gasteiger partial charge in [-0.3, -0.25) is 0 Å². The zero-order chi connectivity index (χ0) is 8.97.